The number of anilines is 2. The highest BCUT2D eigenvalue weighted by Gasteiger charge is 1.99. The zero-order valence-electron chi connectivity index (χ0n) is 9.94. The van der Waals surface area contributed by atoms with Crippen LogP contribution in [0.5, 0.6) is 0 Å². The van der Waals surface area contributed by atoms with Crippen molar-refractivity contribution in [3.8, 4) is 0 Å². The number of pyridine rings is 1. The molecule has 0 spiro atoms. The van der Waals surface area contributed by atoms with Gasteiger partial charge in [0, 0.05) is 26.0 Å². The third-order valence-corrected chi connectivity index (χ3v) is 2.49. The van der Waals surface area contributed by atoms with Crippen molar-refractivity contribution >= 4 is 11.6 Å². The molecule has 2 aromatic rings. The predicted octanol–water partition coefficient (Wildman–Crippen LogP) is 1.83. The molecule has 0 amide bonds. The highest BCUT2D eigenvalue weighted by Crippen LogP contribution is 2.10. The van der Waals surface area contributed by atoms with Gasteiger partial charge in [-0.2, -0.15) is 0 Å². The van der Waals surface area contributed by atoms with E-state index in [0.29, 0.717) is 0 Å². The van der Waals surface area contributed by atoms with E-state index in [4.69, 9.17) is 0 Å². The molecule has 0 fully saturated rings. The molecule has 88 valence electrons. The maximum Gasteiger partial charge on any atom is 0.147 e. The van der Waals surface area contributed by atoms with Crippen LogP contribution in [0.25, 0.3) is 0 Å². The van der Waals surface area contributed by atoms with Gasteiger partial charge in [-0.3, -0.25) is 9.97 Å². The van der Waals surface area contributed by atoms with Gasteiger partial charge >= 0.3 is 0 Å². The molecule has 2 N–H and O–H groups in total. The molecule has 5 heteroatoms. The molecule has 0 aliphatic rings. The monoisotopic (exact) mass is 229 g/mol. The molecule has 0 aliphatic carbocycles. The Kier molecular flexibility index (Phi) is 3.49. The van der Waals surface area contributed by atoms with Crippen molar-refractivity contribution in [1.29, 1.82) is 0 Å². The number of hydrogen-bond acceptors (Lipinski definition) is 5. The molecule has 17 heavy (non-hydrogen) atoms. The lowest BCUT2D eigenvalue weighted by Crippen LogP contribution is -2.05. The Balaban J connectivity index is 2.05. The van der Waals surface area contributed by atoms with Crippen LogP contribution < -0.4 is 10.6 Å². The first kappa shape index (κ1) is 11.3. The molecule has 2 rings (SSSR count). The lowest BCUT2D eigenvalue weighted by Gasteiger charge is -2.08. The zero-order chi connectivity index (χ0) is 12.1. The van der Waals surface area contributed by atoms with Crippen molar-refractivity contribution in [1.82, 2.24) is 15.0 Å². The maximum atomic E-state index is 4.34. The maximum absolute atomic E-state index is 4.34. The molecule has 0 atom stereocenters. The minimum Gasteiger partial charge on any atom is -0.372 e. The van der Waals surface area contributed by atoms with Crippen LogP contribution in [0, 0.1) is 6.92 Å². The fraction of sp³-hybridized carbons (Fsp3) is 0.250. The van der Waals surface area contributed by atoms with E-state index in [-0.39, 0.29) is 0 Å². The highest BCUT2D eigenvalue weighted by atomic mass is 15.1. The smallest absolute Gasteiger partial charge is 0.147 e. The van der Waals surface area contributed by atoms with E-state index in [1.165, 1.54) is 5.56 Å². The van der Waals surface area contributed by atoms with Gasteiger partial charge in [-0.25, -0.2) is 4.98 Å². The molecule has 2 aromatic heterocycles. The first-order chi connectivity index (χ1) is 8.29. The van der Waals surface area contributed by atoms with Crippen molar-refractivity contribution in [2.75, 3.05) is 17.7 Å². The molecule has 0 unspecified atom stereocenters. The summed E-state index contributed by atoms with van der Waals surface area (Å²) < 4.78 is 0. The topological polar surface area (TPSA) is 62.7 Å². The number of nitrogens with one attached hydrogen (secondary N) is 2. The lowest BCUT2D eigenvalue weighted by molar-refractivity contribution is 1.06. The Hall–Kier alpha value is -2.17. The molecule has 5 nitrogen and oxygen atoms in total. The minimum atomic E-state index is 0.718. The first-order valence-corrected chi connectivity index (χ1v) is 5.43. The van der Waals surface area contributed by atoms with Gasteiger partial charge in [-0.1, -0.05) is 0 Å². The first-order valence-electron chi connectivity index (χ1n) is 5.43. The van der Waals surface area contributed by atoms with E-state index < -0.39 is 0 Å². The largest absolute Gasteiger partial charge is 0.372 e. The van der Waals surface area contributed by atoms with Crippen LogP contribution in [0.4, 0.5) is 11.6 Å². The van der Waals surface area contributed by atoms with Crippen molar-refractivity contribution in [2.45, 2.75) is 13.5 Å². The predicted molar refractivity (Wildman–Crippen MR) is 67.9 cm³/mol. The van der Waals surface area contributed by atoms with Crippen LogP contribution in [0.2, 0.25) is 0 Å². The molecule has 0 aliphatic heterocycles. The molecule has 0 saturated heterocycles. The number of aryl methyl sites for hydroxylation is 1. The van der Waals surface area contributed by atoms with Crippen molar-refractivity contribution in [2.24, 2.45) is 0 Å². The van der Waals surface area contributed by atoms with Crippen molar-refractivity contribution in [3.63, 3.8) is 0 Å². The summed E-state index contributed by atoms with van der Waals surface area (Å²) in [7, 11) is 1.82. The summed E-state index contributed by atoms with van der Waals surface area (Å²) in [6, 6.07) is 2.00. The van der Waals surface area contributed by atoms with E-state index in [2.05, 4.69) is 25.6 Å². The minimum absolute atomic E-state index is 0.718. The van der Waals surface area contributed by atoms with Gasteiger partial charge in [-0.15, -0.1) is 0 Å². The molecular formula is C12H15N5. The van der Waals surface area contributed by atoms with E-state index >= 15 is 0 Å². The Labute approximate surface area is 100 Å². The second-order valence-corrected chi connectivity index (χ2v) is 3.70. The van der Waals surface area contributed by atoms with Gasteiger partial charge in [0.1, 0.15) is 11.6 Å². The SMILES string of the molecule is CNc1cncc(NCc2ccncc2C)n1. The molecule has 0 radical (unpaired) electrons. The van der Waals surface area contributed by atoms with Gasteiger partial charge in [0.2, 0.25) is 0 Å². The van der Waals surface area contributed by atoms with Crippen LogP contribution >= 0.6 is 0 Å². The normalized spacial score (nSPS) is 10.0. The van der Waals surface area contributed by atoms with Crippen molar-refractivity contribution < 1.29 is 0 Å². The quantitative estimate of drug-likeness (QED) is 0.837. The molecule has 0 aromatic carbocycles. The van der Waals surface area contributed by atoms with Crippen LogP contribution in [-0.2, 0) is 6.54 Å². The molecule has 0 bridgehead atoms. The number of rotatable bonds is 4. The summed E-state index contributed by atoms with van der Waals surface area (Å²) in [5, 5.41) is 6.19. The van der Waals surface area contributed by atoms with Gasteiger partial charge in [0.05, 0.1) is 12.4 Å². The van der Waals surface area contributed by atoms with Gasteiger partial charge in [0.25, 0.3) is 0 Å². The second kappa shape index (κ2) is 5.25. The standard InChI is InChI=1S/C12H15N5/c1-9-5-14-4-3-10(9)6-16-12-8-15-7-11(13-2)17-12/h3-5,7-8H,6H2,1-2H3,(H2,13,16,17). The number of aromatic nitrogens is 3. The Bertz CT molecular complexity index is 498. The van der Waals surface area contributed by atoms with Crippen molar-refractivity contribution in [3.05, 3.63) is 42.0 Å². The molecular weight excluding hydrogens is 214 g/mol. The molecule has 0 saturated carbocycles. The third kappa shape index (κ3) is 2.90. The summed E-state index contributed by atoms with van der Waals surface area (Å²) in [6.45, 7) is 2.76. The van der Waals surface area contributed by atoms with E-state index in [1.807, 2.05) is 26.2 Å². The average molecular weight is 229 g/mol. The Morgan fingerprint density at radius 3 is 2.71 bits per heavy atom. The van der Waals surface area contributed by atoms with Crippen LogP contribution in [0.15, 0.2) is 30.9 Å². The fourth-order valence-corrected chi connectivity index (χ4v) is 1.46. The lowest BCUT2D eigenvalue weighted by atomic mass is 10.1. The summed E-state index contributed by atoms with van der Waals surface area (Å²) in [4.78, 5) is 12.5. The Morgan fingerprint density at radius 1 is 1.12 bits per heavy atom. The van der Waals surface area contributed by atoms with E-state index in [0.717, 1.165) is 23.7 Å². The van der Waals surface area contributed by atoms with Crippen LogP contribution in [0.1, 0.15) is 11.1 Å². The second-order valence-electron chi connectivity index (χ2n) is 3.70. The van der Waals surface area contributed by atoms with Crippen LogP contribution in [0.3, 0.4) is 0 Å². The summed E-state index contributed by atoms with van der Waals surface area (Å²) >= 11 is 0. The Morgan fingerprint density at radius 2 is 1.94 bits per heavy atom. The third-order valence-electron chi connectivity index (χ3n) is 2.49. The summed E-state index contributed by atoms with van der Waals surface area (Å²) in [5.74, 6) is 1.51. The highest BCUT2D eigenvalue weighted by molar-refractivity contribution is 5.41. The van der Waals surface area contributed by atoms with Gasteiger partial charge in [0.15, 0.2) is 0 Å². The van der Waals surface area contributed by atoms with E-state index in [9.17, 15) is 0 Å². The van der Waals surface area contributed by atoms with Gasteiger partial charge in [-0.05, 0) is 24.1 Å². The number of nitrogens with zero attached hydrogens (tertiary/aromatic N) is 3. The summed E-state index contributed by atoms with van der Waals surface area (Å²) in [5.41, 5.74) is 2.37. The summed E-state index contributed by atoms with van der Waals surface area (Å²) in [6.07, 6.45) is 7.03. The molecule has 2 heterocycles. The van der Waals surface area contributed by atoms with Gasteiger partial charge < -0.3 is 10.6 Å². The van der Waals surface area contributed by atoms with Crippen LogP contribution in [-0.4, -0.2) is 22.0 Å². The zero-order valence-corrected chi connectivity index (χ0v) is 9.94. The number of hydrogen-bond donors (Lipinski definition) is 2. The fourth-order valence-electron chi connectivity index (χ4n) is 1.46. The average Bonchev–Trinajstić information content (AvgIpc) is 2.38. The van der Waals surface area contributed by atoms with E-state index in [1.54, 1.807) is 18.6 Å².